The summed E-state index contributed by atoms with van der Waals surface area (Å²) in [7, 11) is 0. The molecule has 0 spiro atoms. The number of ether oxygens (including phenoxy) is 4. The van der Waals surface area contributed by atoms with E-state index in [1.807, 2.05) is 146 Å². The summed E-state index contributed by atoms with van der Waals surface area (Å²) in [5, 5.41) is 24.5. The van der Waals surface area contributed by atoms with Crippen molar-refractivity contribution in [3.63, 3.8) is 0 Å². The summed E-state index contributed by atoms with van der Waals surface area (Å²) >= 11 is 0. The molecule has 0 radical (unpaired) electrons. The number of benzene rings is 10. The maximum Gasteiger partial charge on any atom is 0.141 e. The predicted molar refractivity (Wildman–Crippen MR) is 287 cm³/mol. The third-order valence-electron chi connectivity index (χ3n) is 15.2. The number of hydrogen-bond donors (Lipinski definition) is 2. The lowest BCUT2D eigenvalue weighted by Crippen LogP contribution is -2.28. The maximum atomic E-state index is 12.2. The largest absolute Gasteiger partial charge is 0.490 e. The van der Waals surface area contributed by atoms with Gasteiger partial charge in [-0.05, 0) is 115 Å². The molecule has 0 fully saturated rings. The first-order chi connectivity index (χ1) is 36.0. The van der Waals surface area contributed by atoms with E-state index in [4.69, 9.17) is 18.9 Å². The molecule has 6 heteroatoms. The first-order valence-electron chi connectivity index (χ1n) is 24.9. The van der Waals surface area contributed by atoms with Crippen LogP contribution in [0.4, 0.5) is 0 Å². The zero-order valence-electron chi connectivity index (χ0n) is 39.9. The monoisotopic (exact) mass is 950 g/mol. The molecule has 73 heavy (non-hydrogen) atoms. The summed E-state index contributed by atoms with van der Waals surface area (Å²) in [5.74, 6) is 2.92. The minimum atomic E-state index is -1.24. The lowest BCUT2D eigenvalue weighted by atomic mass is 9.68. The Bertz CT molecular complexity index is 3320. The molecule has 0 heterocycles. The second-order valence-corrected chi connectivity index (χ2v) is 18.9. The van der Waals surface area contributed by atoms with Crippen LogP contribution in [0.1, 0.15) is 55.6 Å². The molecule has 0 saturated heterocycles. The van der Waals surface area contributed by atoms with Gasteiger partial charge in [-0.25, -0.2) is 0 Å². The number of rotatable bonds is 14. The zero-order valence-corrected chi connectivity index (χ0v) is 39.9. The van der Waals surface area contributed by atoms with Gasteiger partial charge < -0.3 is 29.2 Å². The van der Waals surface area contributed by atoms with Crippen molar-refractivity contribution in [1.29, 1.82) is 0 Å². The fraction of sp³-hybridized carbons (Fsp3) is 0.104. The van der Waals surface area contributed by atoms with E-state index >= 15 is 0 Å². The molecule has 10 aromatic carbocycles. The highest BCUT2D eigenvalue weighted by Gasteiger charge is 2.47. The van der Waals surface area contributed by atoms with Crippen molar-refractivity contribution in [2.75, 3.05) is 26.4 Å². The lowest BCUT2D eigenvalue weighted by molar-refractivity contribution is 0.130. The summed E-state index contributed by atoms with van der Waals surface area (Å²) in [4.78, 5) is 0. The van der Waals surface area contributed by atoms with Gasteiger partial charge in [-0.2, -0.15) is 0 Å². The summed E-state index contributed by atoms with van der Waals surface area (Å²) in [6.45, 7) is 1.42. The van der Waals surface area contributed by atoms with Crippen LogP contribution in [-0.4, -0.2) is 36.6 Å². The molecular weight excluding hydrogens is 901 g/mol. The molecule has 2 N–H and O–H groups in total. The van der Waals surface area contributed by atoms with Crippen LogP contribution in [0.25, 0.3) is 33.4 Å². The van der Waals surface area contributed by atoms with Crippen molar-refractivity contribution >= 4 is 0 Å². The maximum absolute atomic E-state index is 12.2. The van der Waals surface area contributed by atoms with E-state index in [2.05, 4.69) is 97.1 Å². The lowest BCUT2D eigenvalue weighted by Gasteiger charge is -2.34. The average molecular weight is 951 g/mol. The third-order valence-corrected chi connectivity index (χ3v) is 15.2. The van der Waals surface area contributed by atoms with Gasteiger partial charge in [-0.3, -0.25) is 0 Å². The van der Waals surface area contributed by atoms with Crippen molar-refractivity contribution in [3.8, 4) is 56.4 Å². The van der Waals surface area contributed by atoms with Gasteiger partial charge in [-0.1, -0.05) is 194 Å². The molecule has 354 valence electrons. The average Bonchev–Trinajstić information content (AvgIpc) is 4.02. The third kappa shape index (κ3) is 7.08. The van der Waals surface area contributed by atoms with Crippen molar-refractivity contribution < 1.29 is 29.2 Å². The van der Waals surface area contributed by atoms with Gasteiger partial charge >= 0.3 is 0 Å². The molecule has 3 aliphatic rings. The standard InChI is InChI=1S/C67H50O6/c68-66(61-21-9-3-15-55(61)56-16-4-10-22-62(56)66)47-29-37-51(38-30-47)72-43-41-70-49-33-25-45(26-34-49)65(59-19-7-1-13-53(59)54-14-2-8-20-60(54)65)46-27-35-50(36-28-46)71-42-44-73-52-39-31-48(32-40-52)67(69)63-23-11-5-17-57(63)58-18-6-12-24-64(58)67/h1-40,68-69H,41-44H2. The first-order valence-corrected chi connectivity index (χ1v) is 24.9. The van der Waals surface area contributed by atoms with Crippen LogP contribution in [-0.2, 0) is 16.6 Å². The minimum absolute atomic E-state index is 0.353. The van der Waals surface area contributed by atoms with Gasteiger partial charge in [0.15, 0.2) is 0 Å². The fourth-order valence-electron chi connectivity index (χ4n) is 11.9. The normalized spacial score (nSPS) is 14.4. The molecular formula is C67H50O6. The van der Waals surface area contributed by atoms with Gasteiger partial charge in [0, 0.05) is 22.3 Å². The number of hydrogen-bond acceptors (Lipinski definition) is 6. The molecule has 0 atom stereocenters. The van der Waals surface area contributed by atoms with E-state index < -0.39 is 16.6 Å². The Morgan fingerprint density at radius 2 is 0.438 bits per heavy atom. The second-order valence-electron chi connectivity index (χ2n) is 18.9. The molecule has 6 nitrogen and oxygen atoms in total. The van der Waals surface area contributed by atoms with E-state index in [1.165, 1.54) is 22.3 Å². The van der Waals surface area contributed by atoms with E-state index in [-0.39, 0.29) is 0 Å². The Morgan fingerprint density at radius 3 is 0.699 bits per heavy atom. The quantitative estimate of drug-likeness (QED) is 0.106. The van der Waals surface area contributed by atoms with E-state index in [1.54, 1.807) is 0 Å². The van der Waals surface area contributed by atoms with Crippen LogP contribution in [0.15, 0.2) is 243 Å². The minimum Gasteiger partial charge on any atom is -0.490 e. The molecule has 10 aromatic rings. The molecule has 0 amide bonds. The zero-order chi connectivity index (χ0) is 49.0. The van der Waals surface area contributed by atoms with Gasteiger partial charge in [0.1, 0.15) is 60.6 Å². The predicted octanol–water partition coefficient (Wildman–Crippen LogP) is 13.5. The van der Waals surface area contributed by atoms with Crippen LogP contribution in [0.5, 0.6) is 23.0 Å². The molecule has 0 saturated carbocycles. The van der Waals surface area contributed by atoms with Crippen LogP contribution in [0.3, 0.4) is 0 Å². The van der Waals surface area contributed by atoms with Gasteiger partial charge in [0.25, 0.3) is 0 Å². The Hall–Kier alpha value is -8.68. The Morgan fingerprint density at radius 1 is 0.233 bits per heavy atom. The second kappa shape index (κ2) is 17.9. The number of aliphatic hydroxyl groups is 2. The topological polar surface area (TPSA) is 77.4 Å². The van der Waals surface area contributed by atoms with Gasteiger partial charge in [0.2, 0.25) is 0 Å². The Kier molecular flexibility index (Phi) is 10.8. The Balaban J connectivity index is 0.678. The van der Waals surface area contributed by atoms with Gasteiger partial charge in [-0.15, -0.1) is 0 Å². The van der Waals surface area contributed by atoms with Crippen LogP contribution in [0, 0.1) is 0 Å². The summed E-state index contributed by atoms with van der Waals surface area (Å²) in [6, 6.07) is 82.0. The highest BCUT2D eigenvalue weighted by atomic mass is 16.5. The molecule has 13 rings (SSSR count). The van der Waals surface area contributed by atoms with Crippen molar-refractivity contribution in [1.82, 2.24) is 0 Å². The smallest absolute Gasteiger partial charge is 0.141 e. The SMILES string of the molecule is OC1(c2ccc(OCCOc3ccc(C4(c5ccc(OCCOc6ccc(C7(O)c8ccccc8-c8ccccc87)cc6)cc5)c5ccccc5-c5ccccc54)cc3)cc2)c2ccccc2-c2ccccc21. The summed E-state index contributed by atoms with van der Waals surface area (Å²) < 4.78 is 24.8. The summed E-state index contributed by atoms with van der Waals surface area (Å²) in [6.07, 6.45) is 0. The first kappa shape index (κ1) is 44.3. The van der Waals surface area contributed by atoms with Crippen LogP contribution >= 0.6 is 0 Å². The highest BCUT2D eigenvalue weighted by molar-refractivity contribution is 5.87. The number of fused-ring (bicyclic) bond motifs is 9. The summed E-state index contributed by atoms with van der Waals surface area (Å²) in [5.41, 5.74) is 13.4. The Labute approximate surface area is 425 Å². The van der Waals surface area contributed by atoms with Crippen molar-refractivity contribution in [2.24, 2.45) is 0 Å². The van der Waals surface area contributed by atoms with E-state index in [9.17, 15) is 10.2 Å². The molecule has 0 unspecified atom stereocenters. The molecule has 0 aromatic heterocycles. The van der Waals surface area contributed by atoms with Crippen molar-refractivity contribution in [2.45, 2.75) is 16.6 Å². The van der Waals surface area contributed by atoms with Crippen molar-refractivity contribution in [3.05, 3.63) is 298 Å². The molecule has 0 bridgehead atoms. The highest BCUT2D eigenvalue weighted by Crippen LogP contribution is 2.57. The molecule has 3 aliphatic carbocycles. The van der Waals surface area contributed by atoms with E-state index in [0.29, 0.717) is 37.9 Å². The van der Waals surface area contributed by atoms with Gasteiger partial charge in [0.05, 0.1) is 5.41 Å². The van der Waals surface area contributed by atoms with Crippen LogP contribution in [0.2, 0.25) is 0 Å². The molecule has 0 aliphatic heterocycles. The van der Waals surface area contributed by atoms with E-state index in [0.717, 1.165) is 78.3 Å². The fourth-order valence-corrected chi connectivity index (χ4v) is 11.9. The van der Waals surface area contributed by atoms with Crippen LogP contribution < -0.4 is 18.9 Å².